The van der Waals surface area contributed by atoms with Crippen molar-refractivity contribution in [1.82, 2.24) is 0 Å². The number of carbonyl (C=O) groups is 1. The summed E-state index contributed by atoms with van der Waals surface area (Å²) >= 11 is 0. The summed E-state index contributed by atoms with van der Waals surface area (Å²) in [4.78, 5) is 10.5. The van der Waals surface area contributed by atoms with Gasteiger partial charge < -0.3 is 14.9 Å². The third kappa shape index (κ3) is 5.20. The van der Waals surface area contributed by atoms with Crippen molar-refractivity contribution in [2.45, 2.75) is 88.9 Å². The molecule has 2 heterocycles. The van der Waals surface area contributed by atoms with Crippen LogP contribution < -0.4 is 0 Å². The summed E-state index contributed by atoms with van der Waals surface area (Å²) in [5.41, 5.74) is 0. The number of ether oxygens (including phenoxy) is 1. The van der Waals surface area contributed by atoms with Crippen LogP contribution in [-0.2, 0) is 9.53 Å². The van der Waals surface area contributed by atoms with Crippen LogP contribution in [-0.4, -0.2) is 34.5 Å². The van der Waals surface area contributed by atoms with Gasteiger partial charge >= 0.3 is 5.97 Å². The maximum Gasteiger partial charge on any atom is 0.303 e. The first-order chi connectivity index (χ1) is 12.6. The number of unbranched alkanes of at least 4 members (excludes halogenated alkanes) is 1. The number of carboxylic acids is 1. The van der Waals surface area contributed by atoms with E-state index in [1.54, 1.807) is 0 Å². The predicted octanol–water partition coefficient (Wildman–Crippen LogP) is 4.48. The fraction of sp³-hybridized carbons (Fsp3) is 0.773. The Hall–Kier alpha value is -1.13. The molecule has 0 spiro atoms. The van der Waals surface area contributed by atoms with Crippen LogP contribution in [0.1, 0.15) is 70.6 Å². The number of hydrogen-bond donors (Lipinski definition) is 2. The summed E-state index contributed by atoms with van der Waals surface area (Å²) in [6, 6.07) is 0. The Morgan fingerprint density at radius 2 is 1.85 bits per heavy atom. The van der Waals surface area contributed by atoms with Crippen molar-refractivity contribution in [3.05, 3.63) is 24.3 Å². The summed E-state index contributed by atoms with van der Waals surface area (Å²) in [6.07, 6.45) is 20.2. The number of carboxylic acid groups (broad SMARTS) is 1. The van der Waals surface area contributed by atoms with Crippen molar-refractivity contribution < 1.29 is 19.7 Å². The highest BCUT2D eigenvalue weighted by atomic mass is 16.5. The molecule has 0 aromatic carbocycles. The van der Waals surface area contributed by atoms with E-state index in [0.717, 1.165) is 38.5 Å². The first-order valence-electron chi connectivity index (χ1n) is 10.5. The van der Waals surface area contributed by atoms with E-state index in [4.69, 9.17) is 9.84 Å². The largest absolute Gasteiger partial charge is 0.481 e. The highest BCUT2D eigenvalue weighted by molar-refractivity contribution is 5.66. The Balaban J connectivity index is 1.49. The van der Waals surface area contributed by atoms with E-state index >= 15 is 0 Å². The Bertz CT molecular complexity index is 506. The summed E-state index contributed by atoms with van der Waals surface area (Å²) < 4.78 is 6.14. The normalized spacial score (nSPS) is 33.4. The molecule has 0 radical (unpaired) electrons. The van der Waals surface area contributed by atoms with E-state index in [0.29, 0.717) is 36.4 Å². The summed E-state index contributed by atoms with van der Waals surface area (Å²) in [5.74, 6) is 0.628. The number of hydrogen-bond acceptors (Lipinski definition) is 3. The second kappa shape index (κ2) is 9.70. The number of fused-ring (bicyclic) bond motifs is 2. The maximum atomic E-state index is 10.5. The third-order valence-corrected chi connectivity index (χ3v) is 6.49. The van der Waals surface area contributed by atoms with Crippen LogP contribution in [0.25, 0.3) is 0 Å². The molecule has 2 saturated heterocycles. The zero-order chi connectivity index (χ0) is 18.4. The highest BCUT2D eigenvalue weighted by Gasteiger charge is 2.46. The third-order valence-electron chi connectivity index (χ3n) is 6.49. The molecule has 4 nitrogen and oxygen atoms in total. The molecular formula is C22H34O4. The fourth-order valence-corrected chi connectivity index (χ4v) is 5.00. The second-order valence-electron chi connectivity index (χ2n) is 8.30. The molecule has 0 aromatic rings. The van der Waals surface area contributed by atoms with Crippen LogP contribution in [0.3, 0.4) is 0 Å². The lowest BCUT2D eigenvalue weighted by Gasteiger charge is -2.27. The van der Waals surface area contributed by atoms with Gasteiger partial charge in [-0.1, -0.05) is 43.6 Å². The van der Waals surface area contributed by atoms with Gasteiger partial charge in [0, 0.05) is 12.3 Å². The molecule has 3 rings (SSSR count). The summed E-state index contributed by atoms with van der Waals surface area (Å²) in [6.45, 7) is 0. The standard InChI is InChI=1S/C22H34O4/c23-19(16-8-4-3-5-9-16)13-12-18-17(20-14-15-21(18)26-20)10-6-1-2-7-11-22(24)25/h1,6,12-13,16-21,23H,2-5,7-11,14-15H2,(H,24,25)/b6-1-,13-12+/t17-,18+,19?,20+,21-/m1/s1. The number of aliphatic hydroxyl groups is 1. The first kappa shape index (κ1) is 19.6. The van der Waals surface area contributed by atoms with Gasteiger partial charge in [0.2, 0.25) is 0 Å². The van der Waals surface area contributed by atoms with Gasteiger partial charge in [0.1, 0.15) is 0 Å². The predicted molar refractivity (Wildman–Crippen MR) is 102 cm³/mol. The molecule has 2 bridgehead atoms. The smallest absolute Gasteiger partial charge is 0.303 e. The molecule has 1 aliphatic carbocycles. The van der Waals surface area contributed by atoms with E-state index < -0.39 is 5.97 Å². The molecule has 4 heteroatoms. The van der Waals surface area contributed by atoms with Gasteiger partial charge in [-0.25, -0.2) is 0 Å². The quantitative estimate of drug-likeness (QED) is 0.469. The number of rotatable bonds is 9. The minimum Gasteiger partial charge on any atom is -0.481 e. The van der Waals surface area contributed by atoms with Gasteiger partial charge in [-0.3, -0.25) is 4.79 Å². The topological polar surface area (TPSA) is 66.8 Å². The van der Waals surface area contributed by atoms with Crippen LogP contribution in [0.4, 0.5) is 0 Å². The van der Waals surface area contributed by atoms with Crippen LogP contribution in [0.5, 0.6) is 0 Å². The van der Waals surface area contributed by atoms with Crippen molar-refractivity contribution in [2.24, 2.45) is 17.8 Å². The maximum absolute atomic E-state index is 10.5. The minimum atomic E-state index is -0.721. The van der Waals surface area contributed by atoms with Crippen LogP contribution in [0, 0.1) is 17.8 Å². The van der Waals surface area contributed by atoms with Crippen LogP contribution in [0.15, 0.2) is 24.3 Å². The molecule has 0 aromatic heterocycles. The van der Waals surface area contributed by atoms with Gasteiger partial charge in [0.15, 0.2) is 0 Å². The lowest BCUT2D eigenvalue weighted by molar-refractivity contribution is -0.137. The number of allylic oxidation sites excluding steroid dienone is 2. The molecule has 2 aliphatic heterocycles. The van der Waals surface area contributed by atoms with Gasteiger partial charge in [-0.15, -0.1) is 0 Å². The molecule has 1 saturated carbocycles. The summed E-state index contributed by atoms with van der Waals surface area (Å²) in [7, 11) is 0. The van der Waals surface area contributed by atoms with E-state index in [1.165, 1.54) is 19.3 Å². The van der Waals surface area contributed by atoms with Gasteiger partial charge in [-0.05, 0) is 56.8 Å². The van der Waals surface area contributed by atoms with Gasteiger partial charge in [0.25, 0.3) is 0 Å². The number of aliphatic carboxylic acids is 1. The summed E-state index contributed by atoms with van der Waals surface area (Å²) in [5, 5.41) is 19.2. The SMILES string of the molecule is O=C(O)CCC/C=C\C[C@@H]1[C@H](/C=C/C(O)C2CCCCC2)[C@H]2CC[C@@H]1O2. The minimum absolute atomic E-state index is 0.242. The Morgan fingerprint density at radius 3 is 2.62 bits per heavy atom. The molecule has 2 N–H and O–H groups in total. The van der Waals surface area contributed by atoms with Gasteiger partial charge in [-0.2, -0.15) is 0 Å². The van der Waals surface area contributed by atoms with Crippen molar-refractivity contribution in [2.75, 3.05) is 0 Å². The monoisotopic (exact) mass is 362 g/mol. The second-order valence-corrected chi connectivity index (χ2v) is 8.30. The van der Waals surface area contributed by atoms with E-state index in [2.05, 4.69) is 18.2 Å². The van der Waals surface area contributed by atoms with E-state index in [1.807, 2.05) is 6.08 Å². The molecule has 3 fully saturated rings. The van der Waals surface area contributed by atoms with Crippen LogP contribution in [0.2, 0.25) is 0 Å². The number of aliphatic hydroxyl groups excluding tert-OH is 1. The fourth-order valence-electron chi connectivity index (χ4n) is 5.00. The van der Waals surface area contributed by atoms with Crippen LogP contribution >= 0.6 is 0 Å². The van der Waals surface area contributed by atoms with Crippen molar-refractivity contribution >= 4 is 5.97 Å². The van der Waals surface area contributed by atoms with E-state index in [-0.39, 0.29) is 12.5 Å². The Labute approximate surface area is 157 Å². The van der Waals surface area contributed by atoms with Gasteiger partial charge in [0.05, 0.1) is 18.3 Å². The first-order valence-corrected chi connectivity index (χ1v) is 10.5. The zero-order valence-electron chi connectivity index (χ0n) is 15.8. The average molecular weight is 363 g/mol. The molecule has 0 amide bonds. The molecule has 146 valence electrons. The Kier molecular flexibility index (Phi) is 7.32. The lowest BCUT2D eigenvalue weighted by atomic mass is 9.76. The average Bonchev–Trinajstić information content (AvgIpc) is 3.24. The molecule has 1 unspecified atom stereocenters. The van der Waals surface area contributed by atoms with Crippen molar-refractivity contribution in [1.29, 1.82) is 0 Å². The Morgan fingerprint density at radius 1 is 1.08 bits per heavy atom. The van der Waals surface area contributed by atoms with Crippen molar-refractivity contribution in [3.8, 4) is 0 Å². The molecule has 5 atom stereocenters. The highest BCUT2D eigenvalue weighted by Crippen LogP contribution is 2.46. The van der Waals surface area contributed by atoms with E-state index in [9.17, 15) is 9.90 Å². The zero-order valence-corrected chi connectivity index (χ0v) is 15.8. The molecule has 26 heavy (non-hydrogen) atoms. The van der Waals surface area contributed by atoms with Crippen molar-refractivity contribution in [3.63, 3.8) is 0 Å². The molecular weight excluding hydrogens is 328 g/mol. The lowest BCUT2D eigenvalue weighted by Crippen LogP contribution is -2.26. The molecule has 3 aliphatic rings.